The molecule has 0 aromatic heterocycles. The number of nitrogens with one attached hydrogen (secondary N) is 1. The van der Waals surface area contributed by atoms with Crippen LogP contribution in [-0.4, -0.2) is 36.9 Å². The Balaban J connectivity index is 2.33. The van der Waals surface area contributed by atoms with Crippen molar-refractivity contribution in [1.29, 1.82) is 0 Å². The molecule has 2 aromatic rings. The molecule has 0 aliphatic heterocycles. The lowest BCUT2D eigenvalue weighted by atomic mass is 9.86. The van der Waals surface area contributed by atoms with Gasteiger partial charge < -0.3 is 19.5 Å². The molecule has 2 rings (SSSR count). The fraction of sp³-hybridized carbons (Fsp3) is 0.462. The zero-order valence-corrected chi connectivity index (χ0v) is 20.7. The third-order valence-corrected chi connectivity index (χ3v) is 5.20. The van der Waals surface area contributed by atoms with E-state index in [-0.39, 0.29) is 11.6 Å². The van der Waals surface area contributed by atoms with Gasteiger partial charge in [0.15, 0.2) is 11.6 Å². The predicted octanol–water partition coefficient (Wildman–Crippen LogP) is 5.51. The fourth-order valence-corrected chi connectivity index (χ4v) is 3.56. The van der Waals surface area contributed by atoms with Gasteiger partial charge in [0, 0.05) is 5.92 Å². The second-order valence-electron chi connectivity index (χ2n) is 9.09. The number of carbonyl (C=O) groups excluding carboxylic acids is 2. The second-order valence-corrected chi connectivity index (χ2v) is 9.09. The minimum Gasteiger partial charge on any atom is -0.494 e. The first-order chi connectivity index (χ1) is 15.9. The van der Waals surface area contributed by atoms with Crippen molar-refractivity contribution in [1.82, 2.24) is 5.32 Å². The summed E-state index contributed by atoms with van der Waals surface area (Å²) in [7, 11) is 1.36. The van der Waals surface area contributed by atoms with Crippen molar-refractivity contribution in [3.63, 3.8) is 0 Å². The lowest BCUT2D eigenvalue weighted by molar-refractivity contribution is -0.150. The van der Waals surface area contributed by atoms with E-state index in [0.717, 1.165) is 0 Å². The molecule has 0 aliphatic rings. The zero-order chi connectivity index (χ0) is 25.6. The first kappa shape index (κ1) is 27.1. The molecule has 2 aromatic carbocycles. The van der Waals surface area contributed by atoms with Crippen LogP contribution in [0.25, 0.3) is 0 Å². The molecule has 1 unspecified atom stereocenters. The number of alkyl carbamates (subject to hydrolysis) is 1. The molecule has 0 radical (unpaired) electrons. The zero-order valence-electron chi connectivity index (χ0n) is 20.7. The summed E-state index contributed by atoms with van der Waals surface area (Å²) in [5.74, 6) is -2.04. The SMILES string of the molecule is CCc1cc(C(c2ccc(F)c(OC)c2)[C@H](C)OC(=O)[C@H](C)NC(=O)OC(C)(C)C)ccc1F. The van der Waals surface area contributed by atoms with Crippen molar-refractivity contribution in [2.24, 2.45) is 0 Å². The van der Waals surface area contributed by atoms with E-state index in [9.17, 15) is 18.4 Å². The van der Waals surface area contributed by atoms with E-state index in [1.165, 1.54) is 32.2 Å². The number of esters is 1. The topological polar surface area (TPSA) is 73.9 Å². The number of rotatable bonds is 8. The van der Waals surface area contributed by atoms with Gasteiger partial charge in [-0.2, -0.15) is 0 Å². The van der Waals surface area contributed by atoms with Crippen molar-refractivity contribution in [3.05, 3.63) is 64.7 Å². The Hall–Kier alpha value is -3.16. The molecule has 0 spiro atoms. The van der Waals surface area contributed by atoms with E-state index in [4.69, 9.17) is 14.2 Å². The maximum atomic E-state index is 14.2. The van der Waals surface area contributed by atoms with E-state index < -0.39 is 41.5 Å². The van der Waals surface area contributed by atoms with Gasteiger partial charge in [0.25, 0.3) is 0 Å². The molecule has 1 N–H and O–H groups in total. The number of benzene rings is 2. The highest BCUT2D eigenvalue weighted by atomic mass is 19.1. The van der Waals surface area contributed by atoms with E-state index >= 15 is 0 Å². The molecule has 1 amide bonds. The third kappa shape index (κ3) is 7.17. The molecule has 3 atom stereocenters. The summed E-state index contributed by atoms with van der Waals surface area (Å²) >= 11 is 0. The molecule has 0 bridgehead atoms. The summed E-state index contributed by atoms with van der Waals surface area (Å²) in [6.07, 6.45) is -0.999. The summed E-state index contributed by atoms with van der Waals surface area (Å²) in [4.78, 5) is 24.8. The number of ether oxygens (including phenoxy) is 3. The number of amides is 1. The number of halogens is 2. The number of hydrogen-bond donors (Lipinski definition) is 1. The first-order valence-corrected chi connectivity index (χ1v) is 11.2. The average Bonchev–Trinajstić information content (AvgIpc) is 2.74. The number of hydrogen-bond acceptors (Lipinski definition) is 5. The Morgan fingerprint density at radius 1 is 1.00 bits per heavy atom. The molecule has 186 valence electrons. The Kier molecular flexibility index (Phi) is 9.01. The van der Waals surface area contributed by atoms with Crippen LogP contribution in [0.4, 0.5) is 13.6 Å². The van der Waals surface area contributed by atoms with Crippen molar-refractivity contribution >= 4 is 12.1 Å². The van der Waals surface area contributed by atoms with Crippen LogP contribution in [0.1, 0.15) is 64.2 Å². The smallest absolute Gasteiger partial charge is 0.408 e. The van der Waals surface area contributed by atoms with E-state index in [2.05, 4.69) is 5.32 Å². The molecule has 0 fully saturated rings. The Labute approximate surface area is 199 Å². The first-order valence-electron chi connectivity index (χ1n) is 11.2. The summed E-state index contributed by atoms with van der Waals surface area (Å²) in [6, 6.07) is 8.09. The van der Waals surface area contributed by atoms with Crippen molar-refractivity contribution in [2.75, 3.05) is 7.11 Å². The van der Waals surface area contributed by atoms with Crippen LogP contribution in [0.2, 0.25) is 0 Å². The lowest BCUT2D eigenvalue weighted by Gasteiger charge is -2.27. The maximum absolute atomic E-state index is 14.2. The van der Waals surface area contributed by atoms with Crippen LogP contribution in [0.3, 0.4) is 0 Å². The van der Waals surface area contributed by atoms with Gasteiger partial charge in [0.1, 0.15) is 23.6 Å². The van der Waals surface area contributed by atoms with Crippen LogP contribution in [0, 0.1) is 11.6 Å². The Bertz CT molecular complexity index is 965. The van der Waals surface area contributed by atoms with Crippen molar-refractivity contribution in [2.45, 2.75) is 71.6 Å². The highest BCUT2D eigenvalue weighted by Gasteiger charge is 2.29. The van der Waals surface area contributed by atoms with E-state index in [1.54, 1.807) is 45.9 Å². The average molecular weight is 478 g/mol. The number of aryl methyl sites for hydroxylation is 1. The second kappa shape index (κ2) is 11.3. The monoisotopic (exact) mass is 477 g/mol. The Morgan fingerprint density at radius 2 is 1.59 bits per heavy atom. The molecule has 0 saturated heterocycles. The van der Waals surface area contributed by atoms with Gasteiger partial charge in [-0.1, -0.05) is 25.1 Å². The van der Waals surface area contributed by atoms with Crippen LogP contribution in [0.15, 0.2) is 36.4 Å². The largest absolute Gasteiger partial charge is 0.494 e. The highest BCUT2D eigenvalue weighted by molar-refractivity contribution is 5.81. The van der Waals surface area contributed by atoms with Gasteiger partial charge in [0.05, 0.1) is 7.11 Å². The van der Waals surface area contributed by atoms with Gasteiger partial charge in [0.2, 0.25) is 0 Å². The molecule has 0 heterocycles. The third-order valence-electron chi connectivity index (χ3n) is 5.20. The molecule has 0 aliphatic carbocycles. The van der Waals surface area contributed by atoms with E-state index in [0.29, 0.717) is 23.1 Å². The van der Waals surface area contributed by atoms with Gasteiger partial charge in [-0.15, -0.1) is 0 Å². The van der Waals surface area contributed by atoms with Gasteiger partial charge in [-0.05, 0) is 75.9 Å². The summed E-state index contributed by atoms with van der Waals surface area (Å²) in [6.45, 7) is 10.2. The normalized spacial score (nSPS) is 14.0. The standard InChI is InChI=1S/C26H33F2NO5/c1-8-17-13-18(9-11-20(17)27)23(19-10-12-21(28)22(14-19)32-7)16(3)33-24(30)15(2)29-25(31)34-26(4,5)6/h9-16,23H,8H2,1-7H3,(H,29,31)/t15-,16-,23?/m0/s1. The number of carbonyl (C=O) groups is 2. The predicted molar refractivity (Wildman–Crippen MR) is 125 cm³/mol. The van der Waals surface area contributed by atoms with Crippen LogP contribution >= 0.6 is 0 Å². The van der Waals surface area contributed by atoms with Gasteiger partial charge in [-0.25, -0.2) is 18.4 Å². The molecular formula is C26H33F2NO5. The van der Waals surface area contributed by atoms with Crippen molar-refractivity contribution < 1.29 is 32.6 Å². The number of methoxy groups -OCH3 is 1. The Morgan fingerprint density at radius 3 is 2.15 bits per heavy atom. The van der Waals surface area contributed by atoms with Crippen molar-refractivity contribution in [3.8, 4) is 5.75 Å². The minimum atomic E-state index is -0.972. The summed E-state index contributed by atoms with van der Waals surface area (Å²) in [5.41, 5.74) is 1.11. The summed E-state index contributed by atoms with van der Waals surface area (Å²) < 4.78 is 44.2. The molecular weight excluding hydrogens is 444 g/mol. The lowest BCUT2D eigenvalue weighted by Crippen LogP contribution is -2.43. The highest BCUT2D eigenvalue weighted by Crippen LogP contribution is 2.34. The van der Waals surface area contributed by atoms with E-state index in [1.807, 2.05) is 6.92 Å². The molecule has 34 heavy (non-hydrogen) atoms. The summed E-state index contributed by atoms with van der Waals surface area (Å²) in [5, 5.41) is 2.46. The quantitative estimate of drug-likeness (QED) is 0.508. The molecule has 6 nitrogen and oxygen atoms in total. The maximum Gasteiger partial charge on any atom is 0.408 e. The molecule has 8 heteroatoms. The van der Waals surface area contributed by atoms with Gasteiger partial charge in [-0.3, -0.25) is 0 Å². The van der Waals surface area contributed by atoms with Crippen LogP contribution < -0.4 is 10.1 Å². The minimum absolute atomic E-state index is 0.0406. The van der Waals surface area contributed by atoms with Crippen LogP contribution in [-0.2, 0) is 20.7 Å². The van der Waals surface area contributed by atoms with Gasteiger partial charge >= 0.3 is 12.1 Å². The molecule has 0 saturated carbocycles. The van der Waals surface area contributed by atoms with Crippen LogP contribution in [0.5, 0.6) is 5.75 Å². The fourth-order valence-electron chi connectivity index (χ4n) is 3.56.